The van der Waals surface area contributed by atoms with Gasteiger partial charge in [-0.25, -0.2) is 0 Å². The third-order valence-electron chi connectivity index (χ3n) is 4.59. The standard InChI is InChI=1S/C11H18O5S/c1-7(17(12,13)14)11-9-4-2-8(3-5-9)6-10(15-11)16-11/h7-10H,2-6H2,1H3,(H,12,13,14). The van der Waals surface area contributed by atoms with Crippen molar-refractivity contribution in [1.29, 1.82) is 0 Å². The van der Waals surface area contributed by atoms with Gasteiger partial charge in [0.2, 0.25) is 0 Å². The molecule has 0 spiro atoms. The second kappa shape index (κ2) is 3.66. The van der Waals surface area contributed by atoms with Crippen LogP contribution in [0.3, 0.4) is 0 Å². The molecular formula is C11H18O5S. The summed E-state index contributed by atoms with van der Waals surface area (Å²) in [6, 6.07) is 0. The summed E-state index contributed by atoms with van der Waals surface area (Å²) < 4.78 is 43.3. The molecule has 0 aromatic rings. The van der Waals surface area contributed by atoms with Crippen molar-refractivity contribution >= 4 is 10.1 Å². The van der Waals surface area contributed by atoms with Gasteiger partial charge >= 0.3 is 0 Å². The van der Waals surface area contributed by atoms with Crippen molar-refractivity contribution < 1.29 is 22.4 Å². The summed E-state index contributed by atoms with van der Waals surface area (Å²) in [6.45, 7) is 1.47. The van der Waals surface area contributed by atoms with E-state index in [1.165, 1.54) is 6.92 Å². The van der Waals surface area contributed by atoms with E-state index in [0.29, 0.717) is 5.92 Å². The fraction of sp³-hybridized carbons (Fsp3) is 1.00. The van der Waals surface area contributed by atoms with Gasteiger partial charge in [0.05, 0.1) is 0 Å². The topological polar surface area (TPSA) is 72.8 Å². The second-order valence-corrected chi connectivity index (χ2v) is 7.23. The van der Waals surface area contributed by atoms with Crippen LogP contribution in [0.1, 0.15) is 39.0 Å². The molecule has 1 N–H and O–H groups in total. The first-order chi connectivity index (χ1) is 7.92. The number of rotatable bonds is 2. The molecule has 17 heavy (non-hydrogen) atoms. The third-order valence-corrected chi connectivity index (χ3v) is 5.81. The lowest BCUT2D eigenvalue weighted by molar-refractivity contribution is -0.480. The predicted molar refractivity (Wildman–Crippen MR) is 59.8 cm³/mol. The Morgan fingerprint density at radius 2 is 1.82 bits per heavy atom. The summed E-state index contributed by atoms with van der Waals surface area (Å²) in [5, 5.41) is -1.01. The number of hydrogen-bond acceptors (Lipinski definition) is 4. The molecule has 5 saturated heterocycles. The van der Waals surface area contributed by atoms with Crippen LogP contribution in [0.4, 0.5) is 0 Å². The normalized spacial score (nSPS) is 46.8. The van der Waals surface area contributed by atoms with Crippen LogP contribution in [0, 0.1) is 11.8 Å². The van der Waals surface area contributed by atoms with Gasteiger partial charge in [0, 0.05) is 12.3 Å². The van der Waals surface area contributed by atoms with Gasteiger partial charge in [0.25, 0.3) is 10.1 Å². The van der Waals surface area contributed by atoms with Crippen molar-refractivity contribution in [2.75, 3.05) is 0 Å². The SMILES string of the molecule is CC(C12OC(CC3CCC1CC3)O2)S(=O)(=O)O. The molecule has 6 rings (SSSR count). The third kappa shape index (κ3) is 1.73. The van der Waals surface area contributed by atoms with Gasteiger partial charge in [-0.3, -0.25) is 4.55 Å². The van der Waals surface area contributed by atoms with E-state index in [1.807, 2.05) is 0 Å². The molecule has 98 valence electrons. The number of hydrogen-bond donors (Lipinski definition) is 1. The average Bonchev–Trinajstić information content (AvgIpc) is 2.14. The van der Waals surface area contributed by atoms with Gasteiger partial charge in [0.1, 0.15) is 5.25 Å². The maximum absolute atomic E-state index is 11.3. The van der Waals surface area contributed by atoms with Gasteiger partial charge in [0.15, 0.2) is 12.1 Å². The molecule has 1 aliphatic carbocycles. The van der Waals surface area contributed by atoms with Crippen LogP contribution in [0.25, 0.3) is 0 Å². The minimum absolute atomic E-state index is 0.0900. The molecule has 6 heteroatoms. The molecule has 0 amide bonds. The van der Waals surface area contributed by atoms with Crippen molar-refractivity contribution in [1.82, 2.24) is 0 Å². The lowest BCUT2D eigenvalue weighted by Gasteiger charge is -2.58. The second-order valence-electron chi connectivity index (χ2n) is 5.50. The largest absolute Gasteiger partial charge is 0.319 e. The molecule has 5 heterocycles. The van der Waals surface area contributed by atoms with Gasteiger partial charge in [-0.2, -0.15) is 8.42 Å². The Hall–Kier alpha value is -0.170. The zero-order chi connectivity index (χ0) is 12.3. The summed E-state index contributed by atoms with van der Waals surface area (Å²) in [5.74, 6) is -0.355. The van der Waals surface area contributed by atoms with Crippen LogP contribution in [0.2, 0.25) is 0 Å². The fourth-order valence-corrected chi connectivity index (χ4v) is 4.23. The van der Waals surface area contributed by atoms with Gasteiger partial charge in [-0.15, -0.1) is 0 Å². The lowest BCUT2D eigenvalue weighted by atomic mass is 9.73. The summed E-state index contributed by atoms with van der Waals surface area (Å²) in [4.78, 5) is 0. The van der Waals surface area contributed by atoms with E-state index in [1.54, 1.807) is 0 Å². The maximum atomic E-state index is 11.3. The first kappa shape index (κ1) is 11.9. The molecule has 5 nitrogen and oxygen atoms in total. The molecule has 1 atom stereocenters. The minimum atomic E-state index is -4.13. The highest BCUT2D eigenvalue weighted by Crippen LogP contribution is 2.53. The highest BCUT2D eigenvalue weighted by molar-refractivity contribution is 7.86. The van der Waals surface area contributed by atoms with Crippen molar-refractivity contribution in [2.24, 2.45) is 11.8 Å². The highest BCUT2D eigenvalue weighted by atomic mass is 32.2. The molecule has 5 aliphatic heterocycles. The molecular weight excluding hydrogens is 244 g/mol. The Balaban J connectivity index is 1.91. The highest BCUT2D eigenvalue weighted by Gasteiger charge is 2.61. The van der Waals surface area contributed by atoms with Crippen molar-refractivity contribution in [3.8, 4) is 0 Å². The molecule has 6 aliphatic rings. The van der Waals surface area contributed by atoms with E-state index in [-0.39, 0.29) is 12.2 Å². The van der Waals surface area contributed by atoms with Gasteiger partial charge in [-0.05, 0) is 38.5 Å². The van der Waals surface area contributed by atoms with Crippen LogP contribution >= 0.6 is 0 Å². The Labute approximate surface area is 101 Å². The molecule has 4 bridgehead atoms. The zero-order valence-electron chi connectivity index (χ0n) is 9.83. The molecule has 0 aromatic heterocycles. The van der Waals surface area contributed by atoms with Crippen LogP contribution in [-0.2, 0) is 19.6 Å². The summed E-state index contributed by atoms with van der Waals surface area (Å²) >= 11 is 0. The van der Waals surface area contributed by atoms with Crippen LogP contribution < -0.4 is 0 Å². The summed E-state index contributed by atoms with van der Waals surface area (Å²) in [5.41, 5.74) is 0. The van der Waals surface area contributed by atoms with E-state index in [2.05, 4.69) is 0 Å². The van der Waals surface area contributed by atoms with E-state index in [9.17, 15) is 13.0 Å². The average molecular weight is 262 g/mol. The van der Waals surface area contributed by atoms with Crippen molar-refractivity contribution in [3.05, 3.63) is 0 Å². The van der Waals surface area contributed by atoms with Gasteiger partial charge < -0.3 is 9.47 Å². The molecule has 6 fully saturated rings. The van der Waals surface area contributed by atoms with E-state index in [4.69, 9.17) is 9.47 Å². The van der Waals surface area contributed by atoms with Gasteiger partial charge in [-0.1, -0.05) is 0 Å². The quantitative estimate of drug-likeness (QED) is 0.764. The molecule has 1 saturated carbocycles. The monoisotopic (exact) mass is 262 g/mol. The molecule has 0 radical (unpaired) electrons. The Bertz CT molecular complexity index is 404. The summed E-state index contributed by atoms with van der Waals surface area (Å²) in [7, 11) is -4.13. The number of ether oxygens (including phenoxy) is 2. The lowest BCUT2D eigenvalue weighted by Crippen LogP contribution is -2.67. The van der Waals surface area contributed by atoms with Crippen molar-refractivity contribution in [3.63, 3.8) is 0 Å². The maximum Gasteiger partial charge on any atom is 0.272 e. The Morgan fingerprint density at radius 1 is 1.24 bits per heavy atom. The van der Waals surface area contributed by atoms with E-state index < -0.39 is 21.2 Å². The molecule has 1 unspecified atom stereocenters. The van der Waals surface area contributed by atoms with E-state index >= 15 is 0 Å². The minimum Gasteiger partial charge on any atom is -0.319 e. The smallest absolute Gasteiger partial charge is 0.272 e. The summed E-state index contributed by atoms with van der Waals surface area (Å²) in [6.07, 6.45) is 4.68. The van der Waals surface area contributed by atoms with Crippen molar-refractivity contribution in [2.45, 2.75) is 56.4 Å². The predicted octanol–water partition coefficient (Wildman–Crippen LogP) is 1.54. The molecule has 0 aromatic carbocycles. The Kier molecular flexibility index (Phi) is 2.56. The zero-order valence-corrected chi connectivity index (χ0v) is 10.6. The van der Waals surface area contributed by atoms with Crippen LogP contribution in [0.15, 0.2) is 0 Å². The van der Waals surface area contributed by atoms with Crippen LogP contribution in [0.5, 0.6) is 0 Å². The first-order valence-corrected chi connectivity index (χ1v) is 7.74. The van der Waals surface area contributed by atoms with Crippen LogP contribution in [-0.4, -0.2) is 30.3 Å². The fourth-order valence-electron chi connectivity index (χ4n) is 3.51. The Morgan fingerprint density at radius 3 is 2.35 bits per heavy atom. The van der Waals surface area contributed by atoms with E-state index in [0.717, 1.165) is 32.1 Å². The first-order valence-electron chi connectivity index (χ1n) is 6.24.